The largest absolute Gasteiger partial charge is 0.478 e. The van der Waals surface area contributed by atoms with Gasteiger partial charge in [0, 0.05) is 11.6 Å². The quantitative estimate of drug-likeness (QED) is 0.898. The van der Waals surface area contributed by atoms with Crippen LogP contribution in [-0.2, 0) is 0 Å². The summed E-state index contributed by atoms with van der Waals surface area (Å²) in [4.78, 5) is 19.4. The third kappa shape index (κ3) is 3.40. The van der Waals surface area contributed by atoms with Gasteiger partial charge in [0.05, 0.1) is 11.3 Å². The Morgan fingerprint density at radius 3 is 2.82 bits per heavy atom. The molecule has 2 N–H and O–H groups in total. The summed E-state index contributed by atoms with van der Waals surface area (Å²) in [5, 5.41) is 12.3. The van der Waals surface area contributed by atoms with E-state index in [1.807, 2.05) is 6.07 Å². The number of carboxylic acids is 1. The van der Waals surface area contributed by atoms with Crippen molar-refractivity contribution in [2.24, 2.45) is 0 Å². The van der Waals surface area contributed by atoms with Crippen LogP contribution in [0.1, 0.15) is 23.2 Å². The van der Waals surface area contributed by atoms with E-state index in [-0.39, 0.29) is 11.7 Å². The maximum absolute atomic E-state index is 11.1. The molecule has 1 aromatic carbocycles. The first-order valence-electron chi connectivity index (χ1n) is 7.25. The van der Waals surface area contributed by atoms with Crippen molar-refractivity contribution in [2.75, 3.05) is 13.1 Å². The SMILES string of the molecule is O=C(O)c1cccc(-c2cc(OC3CCNCC3)ncn2)c1. The molecule has 0 aliphatic carbocycles. The highest BCUT2D eigenvalue weighted by atomic mass is 16.5. The van der Waals surface area contributed by atoms with Gasteiger partial charge in [-0.1, -0.05) is 12.1 Å². The summed E-state index contributed by atoms with van der Waals surface area (Å²) in [7, 11) is 0. The molecule has 2 heterocycles. The van der Waals surface area contributed by atoms with Crippen LogP contribution in [0, 0.1) is 0 Å². The van der Waals surface area contributed by atoms with Crippen LogP contribution < -0.4 is 10.1 Å². The molecule has 0 unspecified atom stereocenters. The first-order valence-corrected chi connectivity index (χ1v) is 7.25. The predicted molar refractivity (Wildman–Crippen MR) is 80.9 cm³/mol. The molecule has 1 aliphatic heterocycles. The Morgan fingerprint density at radius 1 is 1.23 bits per heavy atom. The average molecular weight is 299 g/mol. The van der Waals surface area contributed by atoms with Crippen LogP contribution in [-0.4, -0.2) is 40.2 Å². The van der Waals surface area contributed by atoms with Crippen LogP contribution in [0.5, 0.6) is 5.88 Å². The summed E-state index contributed by atoms with van der Waals surface area (Å²) in [6, 6.07) is 8.43. The molecule has 2 aromatic rings. The molecule has 1 saturated heterocycles. The monoisotopic (exact) mass is 299 g/mol. The van der Waals surface area contributed by atoms with Crippen LogP contribution in [0.2, 0.25) is 0 Å². The maximum atomic E-state index is 11.1. The molecule has 0 amide bonds. The van der Waals surface area contributed by atoms with E-state index in [0.29, 0.717) is 11.6 Å². The minimum Gasteiger partial charge on any atom is -0.478 e. The van der Waals surface area contributed by atoms with E-state index < -0.39 is 5.97 Å². The van der Waals surface area contributed by atoms with Gasteiger partial charge >= 0.3 is 5.97 Å². The van der Waals surface area contributed by atoms with Crippen molar-refractivity contribution in [1.29, 1.82) is 0 Å². The lowest BCUT2D eigenvalue weighted by atomic mass is 10.1. The Bertz CT molecular complexity index is 669. The summed E-state index contributed by atoms with van der Waals surface area (Å²) in [5.74, 6) is -0.431. The van der Waals surface area contributed by atoms with E-state index in [1.54, 1.807) is 24.3 Å². The number of ether oxygens (including phenoxy) is 1. The number of aromatic carboxylic acids is 1. The Balaban J connectivity index is 1.81. The van der Waals surface area contributed by atoms with Crippen molar-refractivity contribution < 1.29 is 14.6 Å². The van der Waals surface area contributed by atoms with Crippen LogP contribution in [0.15, 0.2) is 36.7 Å². The summed E-state index contributed by atoms with van der Waals surface area (Å²) < 4.78 is 5.89. The van der Waals surface area contributed by atoms with Crippen LogP contribution >= 0.6 is 0 Å². The van der Waals surface area contributed by atoms with Crippen molar-refractivity contribution in [3.05, 3.63) is 42.2 Å². The van der Waals surface area contributed by atoms with Gasteiger partial charge in [0.25, 0.3) is 0 Å². The zero-order valence-corrected chi connectivity index (χ0v) is 12.0. The lowest BCUT2D eigenvalue weighted by molar-refractivity contribution is 0.0697. The van der Waals surface area contributed by atoms with Gasteiger partial charge in [-0.25, -0.2) is 14.8 Å². The van der Waals surface area contributed by atoms with E-state index in [9.17, 15) is 4.79 Å². The Hall–Kier alpha value is -2.47. The standard InChI is InChI=1S/C16H17N3O3/c20-16(21)12-3-1-2-11(8-12)14-9-15(19-10-18-14)22-13-4-6-17-7-5-13/h1-3,8-10,13,17H,4-7H2,(H,20,21). The van der Waals surface area contributed by atoms with Gasteiger partial charge in [-0.3, -0.25) is 0 Å². The smallest absolute Gasteiger partial charge is 0.335 e. The molecule has 0 bridgehead atoms. The topological polar surface area (TPSA) is 84.3 Å². The van der Waals surface area contributed by atoms with Crippen LogP contribution in [0.3, 0.4) is 0 Å². The van der Waals surface area contributed by atoms with Crippen molar-refractivity contribution in [3.63, 3.8) is 0 Å². The number of carbonyl (C=O) groups is 1. The third-order valence-corrected chi connectivity index (χ3v) is 3.62. The molecular weight excluding hydrogens is 282 g/mol. The number of nitrogens with zero attached hydrogens (tertiary/aromatic N) is 2. The van der Waals surface area contributed by atoms with Gasteiger partial charge < -0.3 is 15.2 Å². The van der Waals surface area contributed by atoms with Crippen molar-refractivity contribution >= 4 is 5.97 Å². The Kier molecular flexibility index (Phi) is 4.29. The van der Waals surface area contributed by atoms with Crippen molar-refractivity contribution in [2.45, 2.75) is 18.9 Å². The van der Waals surface area contributed by atoms with Gasteiger partial charge in [-0.05, 0) is 38.1 Å². The second-order valence-corrected chi connectivity index (χ2v) is 5.19. The fourth-order valence-electron chi connectivity index (χ4n) is 2.46. The normalized spacial score (nSPS) is 15.5. The van der Waals surface area contributed by atoms with Gasteiger partial charge in [0.15, 0.2) is 0 Å². The lowest BCUT2D eigenvalue weighted by Crippen LogP contribution is -2.34. The maximum Gasteiger partial charge on any atom is 0.335 e. The van der Waals surface area contributed by atoms with Crippen molar-refractivity contribution in [1.82, 2.24) is 15.3 Å². The van der Waals surface area contributed by atoms with Crippen LogP contribution in [0.4, 0.5) is 0 Å². The highest BCUT2D eigenvalue weighted by molar-refractivity contribution is 5.89. The molecule has 0 radical (unpaired) electrons. The Morgan fingerprint density at radius 2 is 2.05 bits per heavy atom. The first kappa shape index (κ1) is 14.5. The number of piperidine rings is 1. The molecule has 114 valence electrons. The molecular formula is C16H17N3O3. The molecule has 0 spiro atoms. The molecule has 3 rings (SSSR count). The summed E-state index contributed by atoms with van der Waals surface area (Å²) in [6.07, 6.45) is 3.51. The molecule has 6 nitrogen and oxygen atoms in total. The van der Waals surface area contributed by atoms with E-state index in [2.05, 4.69) is 15.3 Å². The van der Waals surface area contributed by atoms with Gasteiger partial charge in [-0.2, -0.15) is 0 Å². The highest BCUT2D eigenvalue weighted by Gasteiger charge is 2.15. The van der Waals surface area contributed by atoms with Crippen LogP contribution in [0.25, 0.3) is 11.3 Å². The van der Waals surface area contributed by atoms with E-state index in [0.717, 1.165) is 31.5 Å². The lowest BCUT2D eigenvalue weighted by Gasteiger charge is -2.23. The average Bonchev–Trinajstić information content (AvgIpc) is 2.56. The summed E-state index contributed by atoms with van der Waals surface area (Å²) in [6.45, 7) is 1.90. The van der Waals surface area contributed by atoms with Gasteiger partial charge in [0.2, 0.25) is 5.88 Å². The fourth-order valence-corrected chi connectivity index (χ4v) is 2.46. The molecule has 1 aliphatic rings. The zero-order chi connectivity index (χ0) is 15.4. The second-order valence-electron chi connectivity index (χ2n) is 5.19. The minimum absolute atomic E-state index is 0.161. The fraction of sp³-hybridized carbons (Fsp3) is 0.312. The summed E-state index contributed by atoms with van der Waals surface area (Å²) >= 11 is 0. The number of hydrogen-bond acceptors (Lipinski definition) is 5. The van der Waals surface area contributed by atoms with Gasteiger partial charge in [-0.15, -0.1) is 0 Å². The van der Waals surface area contributed by atoms with Gasteiger partial charge in [0.1, 0.15) is 12.4 Å². The number of carboxylic acid groups (broad SMARTS) is 1. The van der Waals surface area contributed by atoms with E-state index in [1.165, 1.54) is 6.33 Å². The summed E-state index contributed by atoms with van der Waals surface area (Å²) in [5.41, 5.74) is 1.62. The highest BCUT2D eigenvalue weighted by Crippen LogP contribution is 2.22. The van der Waals surface area contributed by atoms with E-state index in [4.69, 9.17) is 9.84 Å². The number of benzene rings is 1. The second kappa shape index (κ2) is 6.53. The van der Waals surface area contributed by atoms with E-state index >= 15 is 0 Å². The number of hydrogen-bond donors (Lipinski definition) is 2. The molecule has 0 atom stereocenters. The molecule has 0 saturated carbocycles. The molecule has 1 aromatic heterocycles. The molecule has 22 heavy (non-hydrogen) atoms. The minimum atomic E-state index is -0.956. The number of aromatic nitrogens is 2. The predicted octanol–water partition coefficient (Wildman–Crippen LogP) is 1.97. The number of rotatable bonds is 4. The third-order valence-electron chi connectivity index (χ3n) is 3.62. The van der Waals surface area contributed by atoms with Crippen molar-refractivity contribution in [3.8, 4) is 17.1 Å². The first-order chi connectivity index (χ1) is 10.7. The Labute approximate surface area is 128 Å². The molecule has 6 heteroatoms. The number of nitrogens with one attached hydrogen (secondary N) is 1. The molecule has 1 fully saturated rings. The zero-order valence-electron chi connectivity index (χ0n) is 12.0.